The van der Waals surface area contributed by atoms with Gasteiger partial charge in [-0.2, -0.15) is 5.10 Å². The molecule has 2 aromatic rings. The van der Waals surface area contributed by atoms with Crippen molar-refractivity contribution >= 4 is 11.7 Å². The van der Waals surface area contributed by atoms with Crippen LogP contribution < -0.4 is 10.6 Å². The van der Waals surface area contributed by atoms with E-state index in [1.165, 1.54) is 12.4 Å². The van der Waals surface area contributed by atoms with E-state index >= 15 is 0 Å². The lowest BCUT2D eigenvalue weighted by molar-refractivity contribution is 0.252. The van der Waals surface area contributed by atoms with Gasteiger partial charge in [0.25, 0.3) is 0 Å². The molecule has 2 N–H and O–H groups in total. The maximum atomic E-state index is 13.6. The van der Waals surface area contributed by atoms with Crippen LogP contribution in [0.15, 0.2) is 18.5 Å². The van der Waals surface area contributed by atoms with E-state index < -0.39 is 41.4 Å². The van der Waals surface area contributed by atoms with Crippen LogP contribution >= 0.6 is 0 Å². The van der Waals surface area contributed by atoms with Crippen LogP contribution in [0.1, 0.15) is 25.3 Å². The molecule has 0 saturated carbocycles. The number of nitrogens with one attached hydrogen (secondary N) is 2. The smallest absolute Gasteiger partial charge is 0.319 e. The summed E-state index contributed by atoms with van der Waals surface area (Å²) in [7, 11) is 0. The van der Waals surface area contributed by atoms with Gasteiger partial charge in [-0.15, -0.1) is 0 Å². The molecule has 0 aliphatic heterocycles. The number of carbonyl (C=O) groups is 1. The van der Waals surface area contributed by atoms with Gasteiger partial charge >= 0.3 is 6.03 Å². The van der Waals surface area contributed by atoms with Crippen molar-refractivity contribution in [2.24, 2.45) is 0 Å². The molecule has 0 saturated heterocycles. The molecule has 0 aliphatic carbocycles. The molecule has 0 unspecified atom stereocenters. The summed E-state index contributed by atoms with van der Waals surface area (Å²) >= 11 is 0. The van der Waals surface area contributed by atoms with Gasteiger partial charge in [0.1, 0.15) is 5.82 Å². The monoisotopic (exact) mass is 344 g/mol. The lowest BCUT2D eigenvalue weighted by Gasteiger charge is -2.07. The number of rotatable bonds is 6. The number of hydrogen-bond acceptors (Lipinski definition) is 2. The van der Waals surface area contributed by atoms with Crippen molar-refractivity contribution in [3.05, 3.63) is 47.3 Å². The van der Waals surface area contributed by atoms with Crippen molar-refractivity contribution in [3.8, 4) is 0 Å². The van der Waals surface area contributed by atoms with Crippen molar-refractivity contribution < 1.29 is 22.4 Å². The minimum absolute atomic E-state index is 0.275. The Kier molecular flexibility index (Phi) is 5.78. The summed E-state index contributed by atoms with van der Waals surface area (Å²) in [5.41, 5.74) is -0.358. The molecule has 0 atom stereocenters. The molecule has 0 fully saturated rings. The average Bonchev–Trinajstić information content (AvgIpc) is 2.97. The van der Waals surface area contributed by atoms with Crippen LogP contribution in [0.2, 0.25) is 0 Å². The molecule has 130 valence electrons. The Hall–Kier alpha value is -2.58. The third-order valence-electron chi connectivity index (χ3n) is 3.24. The summed E-state index contributed by atoms with van der Waals surface area (Å²) in [6.45, 7) is 2.05. The number of amides is 2. The van der Waals surface area contributed by atoms with E-state index in [2.05, 4.69) is 15.7 Å². The second-order valence-electron chi connectivity index (χ2n) is 5.11. The Morgan fingerprint density at radius 3 is 2.67 bits per heavy atom. The van der Waals surface area contributed by atoms with Crippen LogP contribution in [0, 0.1) is 23.3 Å². The van der Waals surface area contributed by atoms with Gasteiger partial charge in [-0.05, 0) is 6.42 Å². The molecule has 1 heterocycles. The summed E-state index contributed by atoms with van der Waals surface area (Å²) in [5, 5.41) is 8.95. The summed E-state index contributed by atoms with van der Waals surface area (Å²) < 4.78 is 54.4. The van der Waals surface area contributed by atoms with E-state index in [4.69, 9.17) is 0 Å². The number of urea groups is 1. The molecule has 1 aromatic heterocycles. The van der Waals surface area contributed by atoms with Crippen LogP contribution in [0.3, 0.4) is 0 Å². The molecule has 1 aromatic carbocycles. The minimum atomic E-state index is -1.74. The number of anilines is 1. The Balaban J connectivity index is 2.04. The van der Waals surface area contributed by atoms with Gasteiger partial charge < -0.3 is 10.6 Å². The summed E-state index contributed by atoms with van der Waals surface area (Å²) in [5.74, 6) is -6.16. The molecule has 5 nitrogen and oxygen atoms in total. The largest absolute Gasteiger partial charge is 0.338 e. The standard InChI is InChI=1S/C15H16F4N4O/c1-2-3-4-20-15(24)22-9-6-21-23(7-9)8-10-11(16)5-12(17)14(19)13(10)18/h5-7H,2-4,8H2,1H3,(H2,20,22,24). The number of hydrogen-bond donors (Lipinski definition) is 2. The Labute approximate surface area is 135 Å². The Bertz CT molecular complexity index is 733. The van der Waals surface area contributed by atoms with E-state index in [-0.39, 0.29) is 6.07 Å². The molecular weight excluding hydrogens is 328 g/mol. The quantitative estimate of drug-likeness (QED) is 0.365. The van der Waals surface area contributed by atoms with E-state index in [0.29, 0.717) is 12.2 Å². The predicted molar refractivity (Wildman–Crippen MR) is 79.5 cm³/mol. The van der Waals surface area contributed by atoms with Crippen molar-refractivity contribution in [2.75, 3.05) is 11.9 Å². The van der Waals surface area contributed by atoms with Gasteiger partial charge in [-0.3, -0.25) is 4.68 Å². The van der Waals surface area contributed by atoms with E-state index in [9.17, 15) is 22.4 Å². The highest BCUT2D eigenvalue weighted by Crippen LogP contribution is 2.20. The van der Waals surface area contributed by atoms with Gasteiger partial charge in [-0.1, -0.05) is 13.3 Å². The first-order valence-electron chi connectivity index (χ1n) is 7.31. The Morgan fingerprint density at radius 2 is 1.96 bits per heavy atom. The highest BCUT2D eigenvalue weighted by Gasteiger charge is 2.19. The third-order valence-corrected chi connectivity index (χ3v) is 3.24. The highest BCUT2D eigenvalue weighted by atomic mass is 19.2. The lowest BCUT2D eigenvalue weighted by atomic mass is 10.2. The molecule has 0 spiro atoms. The molecular formula is C15H16F4N4O. The molecule has 0 aliphatic rings. The first-order valence-corrected chi connectivity index (χ1v) is 7.31. The average molecular weight is 344 g/mol. The third kappa shape index (κ3) is 4.24. The fourth-order valence-corrected chi connectivity index (χ4v) is 1.98. The van der Waals surface area contributed by atoms with Crippen molar-refractivity contribution in [1.29, 1.82) is 0 Å². The first-order chi connectivity index (χ1) is 11.4. The number of carbonyl (C=O) groups excluding carboxylic acids is 1. The highest BCUT2D eigenvalue weighted by molar-refractivity contribution is 5.88. The van der Waals surface area contributed by atoms with Crippen LogP contribution in [0.5, 0.6) is 0 Å². The summed E-state index contributed by atoms with van der Waals surface area (Å²) in [6.07, 6.45) is 4.36. The minimum Gasteiger partial charge on any atom is -0.338 e. The first kappa shape index (κ1) is 17.8. The van der Waals surface area contributed by atoms with Crippen LogP contribution in [-0.2, 0) is 6.54 Å². The van der Waals surface area contributed by atoms with Gasteiger partial charge in [-0.25, -0.2) is 22.4 Å². The zero-order valence-corrected chi connectivity index (χ0v) is 12.9. The molecule has 0 bridgehead atoms. The lowest BCUT2D eigenvalue weighted by Crippen LogP contribution is -2.29. The zero-order valence-electron chi connectivity index (χ0n) is 12.9. The SMILES string of the molecule is CCCCNC(=O)Nc1cnn(Cc2c(F)cc(F)c(F)c2F)c1. The van der Waals surface area contributed by atoms with Crippen LogP contribution in [0.4, 0.5) is 28.0 Å². The normalized spacial score (nSPS) is 10.7. The van der Waals surface area contributed by atoms with Gasteiger partial charge in [0.2, 0.25) is 0 Å². The van der Waals surface area contributed by atoms with Gasteiger partial charge in [0.15, 0.2) is 17.5 Å². The van der Waals surface area contributed by atoms with Crippen molar-refractivity contribution in [1.82, 2.24) is 15.1 Å². The van der Waals surface area contributed by atoms with Crippen LogP contribution in [-0.4, -0.2) is 22.4 Å². The summed E-state index contributed by atoms with van der Waals surface area (Å²) in [6, 6.07) is -0.161. The predicted octanol–water partition coefficient (Wildman–Crippen LogP) is 3.41. The van der Waals surface area contributed by atoms with Gasteiger partial charge in [0, 0.05) is 24.4 Å². The maximum absolute atomic E-state index is 13.6. The van der Waals surface area contributed by atoms with Gasteiger partial charge in [0.05, 0.1) is 18.4 Å². The number of unbranched alkanes of at least 4 members (excludes halogenated alkanes) is 1. The molecule has 2 amide bonds. The van der Waals surface area contributed by atoms with E-state index in [1.54, 1.807) is 0 Å². The molecule has 2 rings (SSSR count). The molecule has 9 heteroatoms. The zero-order chi connectivity index (χ0) is 17.7. The molecule has 24 heavy (non-hydrogen) atoms. The van der Waals surface area contributed by atoms with Crippen LogP contribution in [0.25, 0.3) is 0 Å². The maximum Gasteiger partial charge on any atom is 0.319 e. The Morgan fingerprint density at radius 1 is 1.21 bits per heavy atom. The second-order valence-corrected chi connectivity index (χ2v) is 5.11. The van der Waals surface area contributed by atoms with E-state index in [1.807, 2.05) is 6.92 Å². The number of nitrogens with zero attached hydrogens (tertiary/aromatic N) is 2. The number of halogens is 4. The van der Waals surface area contributed by atoms with Crippen molar-refractivity contribution in [2.45, 2.75) is 26.3 Å². The van der Waals surface area contributed by atoms with Crippen molar-refractivity contribution in [3.63, 3.8) is 0 Å². The second kappa shape index (κ2) is 7.80. The fraction of sp³-hybridized carbons (Fsp3) is 0.333. The number of aromatic nitrogens is 2. The molecule has 0 radical (unpaired) electrons. The topological polar surface area (TPSA) is 59.0 Å². The summed E-state index contributed by atoms with van der Waals surface area (Å²) in [4.78, 5) is 11.6. The number of benzene rings is 1. The fourth-order valence-electron chi connectivity index (χ4n) is 1.98. The van der Waals surface area contributed by atoms with E-state index in [0.717, 1.165) is 17.5 Å².